The highest BCUT2D eigenvalue weighted by atomic mass is 32.1. The third-order valence-electron chi connectivity index (χ3n) is 2.50. The maximum Gasteiger partial charge on any atom is 0.221 e. The molecule has 5 heteroatoms. The van der Waals surface area contributed by atoms with Gasteiger partial charge in [0.25, 0.3) is 0 Å². The average molecular weight is 269 g/mol. The Labute approximate surface area is 113 Å². The standard InChI is InChI=1S/C13H23N3OS/c1-5-15-11(17)6-7-14-8-12-16-10(9-18-12)13(2,3)4/h9,14H,5-8H2,1-4H3,(H,15,17). The number of carbonyl (C=O) groups excluding carboxylic acids is 1. The SMILES string of the molecule is CCNC(=O)CCNCc1nc(C(C)(C)C)cs1. The van der Waals surface area contributed by atoms with E-state index >= 15 is 0 Å². The third-order valence-corrected chi connectivity index (χ3v) is 3.35. The molecule has 0 saturated carbocycles. The van der Waals surface area contributed by atoms with Crippen LogP contribution in [0.1, 0.15) is 44.8 Å². The lowest BCUT2D eigenvalue weighted by atomic mass is 9.93. The molecule has 0 atom stereocenters. The van der Waals surface area contributed by atoms with Crippen LogP contribution in [0.5, 0.6) is 0 Å². The molecule has 0 aliphatic carbocycles. The summed E-state index contributed by atoms with van der Waals surface area (Å²) in [7, 11) is 0. The van der Waals surface area contributed by atoms with Crippen molar-refractivity contribution in [1.29, 1.82) is 0 Å². The Kier molecular flexibility index (Phi) is 5.75. The Bertz CT molecular complexity index is 382. The van der Waals surface area contributed by atoms with Gasteiger partial charge in [-0.15, -0.1) is 11.3 Å². The van der Waals surface area contributed by atoms with Crippen molar-refractivity contribution in [1.82, 2.24) is 15.6 Å². The van der Waals surface area contributed by atoms with Crippen LogP contribution in [-0.2, 0) is 16.8 Å². The molecule has 18 heavy (non-hydrogen) atoms. The van der Waals surface area contributed by atoms with E-state index in [1.807, 2.05) is 6.92 Å². The van der Waals surface area contributed by atoms with Crippen molar-refractivity contribution in [3.05, 3.63) is 16.1 Å². The molecule has 1 amide bonds. The minimum Gasteiger partial charge on any atom is -0.356 e. The zero-order valence-corrected chi connectivity index (χ0v) is 12.5. The first-order chi connectivity index (χ1) is 8.43. The first kappa shape index (κ1) is 15.1. The van der Waals surface area contributed by atoms with Gasteiger partial charge in [-0.25, -0.2) is 4.98 Å². The van der Waals surface area contributed by atoms with Crippen LogP contribution in [-0.4, -0.2) is 24.0 Å². The van der Waals surface area contributed by atoms with Gasteiger partial charge in [-0.3, -0.25) is 4.79 Å². The van der Waals surface area contributed by atoms with Crippen LogP contribution in [0.2, 0.25) is 0 Å². The van der Waals surface area contributed by atoms with Crippen LogP contribution < -0.4 is 10.6 Å². The molecule has 1 heterocycles. The zero-order valence-electron chi connectivity index (χ0n) is 11.7. The molecule has 0 bridgehead atoms. The number of amides is 1. The molecule has 2 N–H and O–H groups in total. The van der Waals surface area contributed by atoms with Crippen molar-refractivity contribution < 1.29 is 4.79 Å². The smallest absolute Gasteiger partial charge is 0.221 e. The summed E-state index contributed by atoms with van der Waals surface area (Å²) in [5.41, 5.74) is 1.24. The van der Waals surface area contributed by atoms with Gasteiger partial charge in [-0.05, 0) is 6.92 Å². The first-order valence-corrected chi connectivity index (χ1v) is 7.23. The Morgan fingerprint density at radius 1 is 1.44 bits per heavy atom. The summed E-state index contributed by atoms with van der Waals surface area (Å²) in [5, 5.41) is 9.21. The van der Waals surface area contributed by atoms with E-state index in [2.05, 4.69) is 41.8 Å². The normalized spacial score (nSPS) is 11.6. The number of thiazole rings is 1. The molecule has 0 saturated heterocycles. The molecule has 0 fully saturated rings. The van der Waals surface area contributed by atoms with Crippen molar-refractivity contribution in [3.63, 3.8) is 0 Å². The molecule has 1 aromatic heterocycles. The molecule has 0 aliphatic heterocycles. The average Bonchev–Trinajstić information content (AvgIpc) is 2.73. The molecular formula is C13H23N3OS. The number of aromatic nitrogens is 1. The second-order valence-corrected chi connectivity index (χ2v) is 6.20. The number of nitrogens with one attached hydrogen (secondary N) is 2. The van der Waals surface area contributed by atoms with E-state index in [0.717, 1.165) is 17.2 Å². The lowest BCUT2D eigenvalue weighted by molar-refractivity contribution is -0.120. The van der Waals surface area contributed by atoms with Crippen molar-refractivity contribution in [2.75, 3.05) is 13.1 Å². The van der Waals surface area contributed by atoms with Crippen molar-refractivity contribution in [2.24, 2.45) is 0 Å². The van der Waals surface area contributed by atoms with Crippen LogP contribution in [0.15, 0.2) is 5.38 Å². The summed E-state index contributed by atoms with van der Waals surface area (Å²) in [6.07, 6.45) is 0.519. The highest BCUT2D eigenvalue weighted by Gasteiger charge is 2.17. The number of hydrogen-bond acceptors (Lipinski definition) is 4. The number of nitrogens with zero attached hydrogens (tertiary/aromatic N) is 1. The zero-order chi connectivity index (χ0) is 13.6. The molecule has 0 aliphatic rings. The second kappa shape index (κ2) is 6.85. The minimum absolute atomic E-state index is 0.0968. The van der Waals surface area contributed by atoms with Crippen LogP contribution in [0, 0.1) is 0 Å². The third kappa shape index (κ3) is 5.14. The summed E-state index contributed by atoms with van der Waals surface area (Å²) in [6.45, 7) is 10.5. The largest absolute Gasteiger partial charge is 0.356 e. The monoisotopic (exact) mass is 269 g/mol. The molecule has 102 valence electrons. The van der Waals surface area contributed by atoms with E-state index in [9.17, 15) is 4.79 Å². The van der Waals surface area contributed by atoms with E-state index in [1.54, 1.807) is 11.3 Å². The van der Waals surface area contributed by atoms with Gasteiger partial charge in [0.1, 0.15) is 5.01 Å². The van der Waals surface area contributed by atoms with E-state index in [-0.39, 0.29) is 11.3 Å². The van der Waals surface area contributed by atoms with Gasteiger partial charge in [-0.1, -0.05) is 20.8 Å². The quantitative estimate of drug-likeness (QED) is 0.777. The van der Waals surface area contributed by atoms with E-state index in [1.165, 1.54) is 0 Å². The van der Waals surface area contributed by atoms with Crippen molar-refractivity contribution in [3.8, 4) is 0 Å². The molecule has 0 aromatic carbocycles. The predicted octanol–water partition coefficient (Wildman–Crippen LogP) is 2.06. The summed E-state index contributed by atoms with van der Waals surface area (Å²) in [5.74, 6) is 0.0968. The molecule has 0 radical (unpaired) electrons. The fourth-order valence-corrected chi connectivity index (χ4v) is 2.41. The summed E-state index contributed by atoms with van der Waals surface area (Å²) >= 11 is 1.67. The summed E-state index contributed by atoms with van der Waals surface area (Å²) in [6, 6.07) is 0. The highest BCUT2D eigenvalue weighted by molar-refractivity contribution is 7.09. The summed E-state index contributed by atoms with van der Waals surface area (Å²) < 4.78 is 0. The van der Waals surface area contributed by atoms with E-state index in [4.69, 9.17) is 0 Å². The van der Waals surface area contributed by atoms with Crippen molar-refractivity contribution >= 4 is 17.2 Å². The first-order valence-electron chi connectivity index (χ1n) is 6.35. The van der Waals surface area contributed by atoms with Gasteiger partial charge >= 0.3 is 0 Å². The summed E-state index contributed by atoms with van der Waals surface area (Å²) in [4.78, 5) is 15.8. The van der Waals surface area contributed by atoms with Gasteiger partial charge in [0, 0.05) is 36.9 Å². The van der Waals surface area contributed by atoms with Gasteiger partial charge in [0.15, 0.2) is 0 Å². The molecular weight excluding hydrogens is 246 g/mol. The van der Waals surface area contributed by atoms with Gasteiger partial charge in [-0.2, -0.15) is 0 Å². The fraction of sp³-hybridized carbons (Fsp3) is 0.692. The predicted molar refractivity (Wildman–Crippen MR) is 75.8 cm³/mol. The van der Waals surface area contributed by atoms with Gasteiger partial charge in [0.05, 0.1) is 5.69 Å². The molecule has 1 rings (SSSR count). The number of rotatable bonds is 6. The number of carbonyl (C=O) groups is 1. The Balaban J connectivity index is 2.28. The van der Waals surface area contributed by atoms with Crippen LogP contribution in [0.25, 0.3) is 0 Å². The van der Waals surface area contributed by atoms with E-state index in [0.29, 0.717) is 19.5 Å². The van der Waals surface area contributed by atoms with Crippen molar-refractivity contribution in [2.45, 2.75) is 46.1 Å². The fourth-order valence-electron chi connectivity index (χ4n) is 1.42. The Morgan fingerprint density at radius 2 is 2.17 bits per heavy atom. The van der Waals surface area contributed by atoms with Crippen LogP contribution in [0.4, 0.5) is 0 Å². The molecule has 1 aromatic rings. The maximum absolute atomic E-state index is 11.2. The molecule has 0 unspecified atom stereocenters. The van der Waals surface area contributed by atoms with Crippen LogP contribution in [0.3, 0.4) is 0 Å². The highest BCUT2D eigenvalue weighted by Crippen LogP contribution is 2.23. The number of hydrogen-bond donors (Lipinski definition) is 2. The Hall–Kier alpha value is -0.940. The second-order valence-electron chi connectivity index (χ2n) is 5.26. The Morgan fingerprint density at radius 3 is 2.72 bits per heavy atom. The lowest BCUT2D eigenvalue weighted by Gasteiger charge is -2.14. The van der Waals surface area contributed by atoms with Crippen LogP contribution >= 0.6 is 11.3 Å². The topological polar surface area (TPSA) is 54.0 Å². The van der Waals surface area contributed by atoms with E-state index < -0.39 is 0 Å². The lowest BCUT2D eigenvalue weighted by Crippen LogP contribution is -2.27. The minimum atomic E-state index is 0.0968. The molecule has 0 spiro atoms. The van der Waals surface area contributed by atoms with Gasteiger partial charge in [0.2, 0.25) is 5.91 Å². The molecule has 4 nitrogen and oxygen atoms in total. The van der Waals surface area contributed by atoms with Gasteiger partial charge < -0.3 is 10.6 Å². The maximum atomic E-state index is 11.2.